The van der Waals surface area contributed by atoms with E-state index in [4.69, 9.17) is 5.11 Å². The molecule has 0 amide bonds. The first-order valence-corrected chi connectivity index (χ1v) is 4.54. The third kappa shape index (κ3) is 6.44. The highest BCUT2D eigenvalue weighted by molar-refractivity contribution is 7.75. The molecular formula is C7H12O5S. The lowest BCUT2D eigenvalue weighted by Gasteiger charge is -1.88. The Morgan fingerprint density at radius 3 is 2.23 bits per heavy atom. The number of carboxylic acids is 1. The number of carbonyl (C=O) groups is 1. The highest BCUT2D eigenvalue weighted by Gasteiger charge is 2.17. The molecule has 1 N–H and O–H groups in total. The maximum atomic E-state index is 10.1. The van der Waals surface area contributed by atoms with Gasteiger partial charge in [-0.1, -0.05) is 6.58 Å². The second-order valence-corrected chi connectivity index (χ2v) is 3.32. The molecule has 1 saturated heterocycles. The zero-order valence-corrected chi connectivity index (χ0v) is 8.30. The Labute approximate surface area is 79.2 Å². The van der Waals surface area contributed by atoms with Crippen molar-refractivity contribution in [2.75, 3.05) is 6.61 Å². The van der Waals surface area contributed by atoms with E-state index in [1.165, 1.54) is 6.92 Å². The third-order valence-corrected chi connectivity index (χ3v) is 1.82. The molecule has 0 aromatic rings. The van der Waals surface area contributed by atoms with Gasteiger partial charge in [0.05, 0.1) is 12.7 Å². The Balaban J connectivity index is 0.000000226. The Kier molecular flexibility index (Phi) is 5.52. The van der Waals surface area contributed by atoms with Crippen molar-refractivity contribution in [3.8, 4) is 0 Å². The van der Waals surface area contributed by atoms with Gasteiger partial charge in [0.1, 0.15) is 0 Å². The first kappa shape index (κ1) is 12.3. The molecule has 76 valence electrons. The molecule has 0 bridgehead atoms. The summed E-state index contributed by atoms with van der Waals surface area (Å²) in [7, 11) is 0. The van der Waals surface area contributed by atoms with Crippen molar-refractivity contribution in [2.24, 2.45) is 0 Å². The van der Waals surface area contributed by atoms with Crippen molar-refractivity contribution in [3.63, 3.8) is 0 Å². The van der Waals surface area contributed by atoms with Crippen LogP contribution in [0.2, 0.25) is 0 Å². The minimum Gasteiger partial charge on any atom is -0.478 e. The van der Waals surface area contributed by atoms with Crippen LogP contribution in [0.4, 0.5) is 0 Å². The van der Waals surface area contributed by atoms with E-state index in [2.05, 4.69) is 14.9 Å². The van der Waals surface area contributed by atoms with Gasteiger partial charge in [-0.25, -0.2) is 4.79 Å². The number of carboxylic acid groups (broad SMARTS) is 1. The molecule has 1 rings (SSSR count). The highest BCUT2D eigenvalue weighted by atomic mass is 32.2. The van der Waals surface area contributed by atoms with Crippen LogP contribution in [0.5, 0.6) is 0 Å². The maximum absolute atomic E-state index is 10.1. The van der Waals surface area contributed by atoms with Crippen LogP contribution >= 0.6 is 0 Å². The Hall–Kier alpha value is -0.720. The fourth-order valence-electron chi connectivity index (χ4n) is 0.341. The summed E-state index contributed by atoms with van der Waals surface area (Å²) < 4.78 is 19.2. The molecular weight excluding hydrogens is 196 g/mol. The number of hydrogen-bond donors (Lipinski definition) is 1. The van der Waals surface area contributed by atoms with Crippen LogP contribution in [0.3, 0.4) is 0 Å². The van der Waals surface area contributed by atoms with Gasteiger partial charge in [0, 0.05) is 5.57 Å². The summed E-state index contributed by atoms with van der Waals surface area (Å²) >= 11 is -1.45. The normalized spacial score (nSPS) is 26.0. The van der Waals surface area contributed by atoms with Crippen molar-refractivity contribution in [1.82, 2.24) is 0 Å². The van der Waals surface area contributed by atoms with Crippen LogP contribution in [0.25, 0.3) is 0 Å². The first-order valence-electron chi connectivity index (χ1n) is 3.54. The van der Waals surface area contributed by atoms with Crippen LogP contribution in [0, 0.1) is 0 Å². The minimum atomic E-state index is -1.45. The van der Waals surface area contributed by atoms with Gasteiger partial charge in [0.2, 0.25) is 0 Å². The Morgan fingerprint density at radius 2 is 2.15 bits per heavy atom. The molecule has 1 aliphatic rings. The van der Waals surface area contributed by atoms with Crippen LogP contribution in [0.1, 0.15) is 13.8 Å². The monoisotopic (exact) mass is 208 g/mol. The summed E-state index contributed by atoms with van der Waals surface area (Å²) in [6.07, 6.45) is 0.000772. The fourth-order valence-corrected chi connectivity index (χ4v) is 1.02. The van der Waals surface area contributed by atoms with Crippen LogP contribution in [-0.4, -0.2) is 28.0 Å². The summed E-state index contributed by atoms with van der Waals surface area (Å²) in [6, 6.07) is 0. The van der Waals surface area contributed by atoms with E-state index < -0.39 is 17.3 Å². The maximum Gasteiger partial charge on any atom is 0.330 e. The van der Waals surface area contributed by atoms with E-state index >= 15 is 0 Å². The van der Waals surface area contributed by atoms with E-state index in [-0.39, 0.29) is 11.7 Å². The largest absolute Gasteiger partial charge is 0.478 e. The van der Waals surface area contributed by atoms with Crippen molar-refractivity contribution < 1.29 is 22.5 Å². The van der Waals surface area contributed by atoms with Gasteiger partial charge < -0.3 is 5.11 Å². The molecule has 1 fully saturated rings. The fraction of sp³-hybridized carbons (Fsp3) is 0.571. The number of aliphatic carboxylic acids is 1. The van der Waals surface area contributed by atoms with E-state index in [1.54, 1.807) is 0 Å². The second-order valence-electron chi connectivity index (χ2n) is 2.48. The third-order valence-electron chi connectivity index (χ3n) is 1.01. The van der Waals surface area contributed by atoms with Gasteiger partial charge in [0.15, 0.2) is 0 Å². The SMILES string of the molecule is C=C(C)C(=O)O.CC1COS(=O)O1. The standard InChI is InChI=1S/C4H6O2.C3H6O3S/c1-3(2)4(5)6;1-3-2-5-7(4)6-3/h1H2,2H3,(H,5,6);3H,2H2,1H3. The van der Waals surface area contributed by atoms with Crippen molar-refractivity contribution >= 4 is 17.3 Å². The zero-order chi connectivity index (χ0) is 10.4. The van der Waals surface area contributed by atoms with Gasteiger partial charge >= 0.3 is 17.3 Å². The quantitative estimate of drug-likeness (QED) is 0.640. The number of hydrogen-bond acceptors (Lipinski definition) is 4. The molecule has 2 unspecified atom stereocenters. The molecule has 0 aromatic carbocycles. The molecule has 0 aliphatic carbocycles. The van der Waals surface area contributed by atoms with E-state index in [1.807, 2.05) is 6.92 Å². The van der Waals surface area contributed by atoms with Gasteiger partial charge in [-0.2, -0.15) is 4.21 Å². The molecule has 0 radical (unpaired) electrons. The lowest BCUT2D eigenvalue weighted by molar-refractivity contribution is -0.132. The van der Waals surface area contributed by atoms with E-state index in [0.717, 1.165) is 0 Å². The van der Waals surface area contributed by atoms with E-state index in [0.29, 0.717) is 6.61 Å². The average molecular weight is 208 g/mol. The lowest BCUT2D eigenvalue weighted by Crippen LogP contribution is -2.00. The van der Waals surface area contributed by atoms with Gasteiger partial charge in [-0.15, -0.1) is 0 Å². The highest BCUT2D eigenvalue weighted by Crippen LogP contribution is 2.05. The Bertz CT molecular complexity index is 213. The summed E-state index contributed by atoms with van der Waals surface area (Å²) in [5.74, 6) is -0.935. The average Bonchev–Trinajstić information content (AvgIpc) is 2.35. The van der Waals surface area contributed by atoms with Crippen LogP contribution < -0.4 is 0 Å². The lowest BCUT2D eigenvalue weighted by atomic mass is 10.4. The summed E-state index contributed by atoms with van der Waals surface area (Å²) in [6.45, 7) is 6.86. The molecule has 6 heteroatoms. The Morgan fingerprint density at radius 1 is 1.69 bits per heavy atom. The first-order chi connectivity index (χ1) is 5.93. The van der Waals surface area contributed by atoms with Crippen molar-refractivity contribution in [1.29, 1.82) is 0 Å². The molecule has 1 heterocycles. The van der Waals surface area contributed by atoms with Gasteiger partial charge in [-0.05, 0) is 13.8 Å². The summed E-state index contributed by atoms with van der Waals surface area (Å²) in [5.41, 5.74) is 0.176. The zero-order valence-electron chi connectivity index (χ0n) is 7.48. The predicted octanol–water partition coefficient (Wildman–Crippen LogP) is 0.648. The van der Waals surface area contributed by atoms with E-state index in [9.17, 15) is 9.00 Å². The van der Waals surface area contributed by atoms with Gasteiger partial charge in [0.25, 0.3) is 0 Å². The van der Waals surface area contributed by atoms with Crippen molar-refractivity contribution in [3.05, 3.63) is 12.2 Å². The van der Waals surface area contributed by atoms with Crippen LogP contribution in [0.15, 0.2) is 12.2 Å². The molecule has 0 aromatic heterocycles. The molecule has 13 heavy (non-hydrogen) atoms. The molecule has 0 spiro atoms. The smallest absolute Gasteiger partial charge is 0.330 e. The second kappa shape index (κ2) is 5.85. The molecule has 5 nitrogen and oxygen atoms in total. The van der Waals surface area contributed by atoms with Gasteiger partial charge in [-0.3, -0.25) is 8.37 Å². The topological polar surface area (TPSA) is 72.8 Å². The summed E-state index contributed by atoms with van der Waals surface area (Å²) in [4.78, 5) is 9.60. The number of rotatable bonds is 1. The minimum absolute atomic E-state index is 0.000772. The summed E-state index contributed by atoms with van der Waals surface area (Å²) in [5, 5.41) is 7.89. The predicted molar refractivity (Wildman–Crippen MR) is 47.1 cm³/mol. The molecule has 2 atom stereocenters. The molecule has 1 aliphatic heterocycles. The molecule has 0 saturated carbocycles. The van der Waals surface area contributed by atoms with Crippen LogP contribution in [-0.2, 0) is 24.5 Å². The van der Waals surface area contributed by atoms with Crippen molar-refractivity contribution in [2.45, 2.75) is 20.0 Å².